The smallest absolute Gasteiger partial charge is 0.0451 e. The largest absolute Gasteiger partial charge is 0.378 e. The standard InChI is InChI=1S/C28H37N3/c1-8-21-28(22-9-15-25(16-10-22)29(2)3,23-11-17-26(18-12-23)30(4)5)24-13-19-27(20-14-24)31(6)7/h9-20H,8,21H2,1-7H3. The number of anilines is 3. The summed E-state index contributed by atoms with van der Waals surface area (Å²) in [7, 11) is 12.5. The summed E-state index contributed by atoms with van der Waals surface area (Å²) >= 11 is 0. The normalized spacial score (nSPS) is 11.3. The SMILES string of the molecule is CCCC(c1ccc(N(C)C)cc1)(c1ccc(N(C)C)cc1)c1ccc(N(C)C)cc1. The van der Waals surface area contributed by atoms with Crippen LogP contribution in [0.5, 0.6) is 0 Å². The molecular weight excluding hydrogens is 378 g/mol. The van der Waals surface area contributed by atoms with Gasteiger partial charge in [0, 0.05) is 64.8 Å². The van der Waals surface area contributed by atoms with Crippen molar-refractivity contribution in [2.75, 3.05) is 57.0 Å². The molecule has 0 aliphatic rings. The maximum Gasteiger partial charge on any atom is 0.0451 e. The second-order valence-corrected chi connectivity index (χ2v) is 8.98. The van der Waals surface area contributed by atoms with E-state index in [9.17, 15) is 0 Å². The number of hydrogen-bond donors (Lipinski definition) is 0. The molecule has 0 bridgehead atoms. The van der Waals surface area contributed by atoms with Crippen LogP contribution in [-0.2, 0) is 5.41 Å². The fourth-order valence-electron chi connectivity index (χ4n) is 4.44. The van der Waals surface area contributed by atoms with Gasteiger partial charge in [0.25, 0.3) is 0 Å². The van der Waals surface area contributed by atoms with Crippen LogP contribution in [0.25, 0.3) is 0 Å². The number of hydrogen-bond acceptors (Lipinski definition) is 3. The summed E-state index contributed by atoms with van der Waals surface area (Å²) in [6, 6.07) is 27.3. The zero-order valence-corrected chi connectivity index (χ0v) is 20.2. The fraction of sp³-hybridized carbons (Fsp3) is 0.357. The third-order valence-electron chi connectivity index (χ3n) is 6.25. The van der Waals surface area contributed by atoms with Gasteiger partial charge in [0.1, 0.15) is 0 Å². The molecule has 31 heavy (non-hydrogen) atoms. The Labute approximate surface area is 188 Å². The van der Waals surface area contributed by atoms with Crippen molar-refractivity contribution >= 4 is 17.1 Å². The minimum Gasteiger partial charge on any atom is -0.378 e. The maximum absolute atomic E-state index is 2.31. The Morgan fingerprint density at radius 1 is 0.484 bits per heavy atom. The molecule has 0 heterocycles. The van der Waals surface area contributed by atoms with Crippen molar-refractivity contribution in [1.29, 1.82) is 0 Å². The molecule has 0 atom stereocenters. The van der Waals surface area contributed by atoms with E-state index in [1.54, 1.807) is 0 Å². The molecule has 3 heteroatoms. The van der Waals surface area contributed by atoms with Crippen LogP contribution in [0.15, 0.2) is 72.8 Å². The quantitative estimate of drug-likeness (QED) is 0.417. The summed E-state index contributed by atoms with van der Waals surface area (Å²) < 4.78 is 0. The molecule has 0 aliphatic carbocycles. The van der Waals surface area contributed by atoms with Crippen molar-refractivity contribution in [2.24, 2.45) is 0 Å². The Hall–Kier alpha value is -2.94. The number of nitrogens with zero attached hydrogens (tertiary/aromatic N) is 3. The van der Waals surface area contributed by atoms with Crippen LogP contribution >= 0.6 is 0 Å². The Balaban J connectivity index is 2.23. The van der Waals surface area contributed by atoms with Gasteiger partial charge in [0.2, 0.25) is 0 Å². The Morgan fingerprint density at radius 3 is 0.935 bits per heavy atom. The highest BCUT2D eigenvalue weighted by molar-refractivity contribution is 5.58. The van der Waals surface area contributed by atoms with E-state index in [0.29, 0.717) is 0 Å². The van der Waals surface area contributed by atoms with Crippen molar-refractivity contribution in [3.63, 3.8) is 0 Å². The molecule has 0 saturated heterocycles. The topological polar surface area (TPSA) is 9.72 Å². The van der Waals surface area contributed by atoms with Crippen molar-refractivity contribution in [3.8, 4) is 0 Å². The maximum atomic E-state index is 2.31. The van der Waals surface area contributed by atoms with Crippen LogP contribution < -0.4 is 14.7 Å². The van der Waals surface area contributed by atoms with Crippen molar-refractivity contribution < 1.29 is 0 Å². The minimum absolute atomic E-state index is 0.185. The van der Waals surface area contributed by atoms with E-state index >= 15 is 0 Å². The highest BCUT2D eigenvalue weighted by Crippen LogP contribution is 2.44. The van der Waals surface area contributed by atoms with E-state index in [1.807, 2.05) is 0 Å². The molecule has 0 aliphatic heterocycles. The van der Waals surface area contributed by atoms with Gasteiger partial charge in [-0.25, -0.2) is 0 Å². The monoisotopic (exact) mass is 415 g/mol. The lowest BCUT2D eigenvalue weighted by molar-refractivity contribution is 0.550. The van der Waals surface area contributed by atoms with Gasteiger partial charge in [-0.3, -0.25) is 0 Å². The molecule has 0 radical (unpaired) electrons. The van der Waals surface area contributed by atoms with Gasteiger partial charge in [0.05, 0.1) is 0 Å². The third kappa shape index (κ3) is 4.56. The van der Waals surface area contributed by atoms with Crippen LogP contribution in [0.1, 0.15) is 36.5 Å². The van der Waals surface area contributed by atoms with Crippen LogP contribution in [0.4, 0.5) is 17.1 Å². The first-order chi connectivity index (χ1) is 14.8. The zero-order chi connectivity index (χ0) is 22.6. The molecule has 0 amide bonds. The fourth-order valence-corrected chi connectivity index (χ4v) is 4.44. The molecule has 3 aromatic rings. The van der Waals surface area contributed by atoms with Gasteiger partial charge in [0.15, 0.2) is 0 Å². The Morgan fingerprint density at radius 2 is 0.742 bits per heavy atom. The van der Waals surface area contributed by atoms with E-state index in [2.05, 4.69) is 137 Å². The lowest BCUT2D eigenvalue weighted by Crippen LogP contribution is -2.29. The Kier molecular flexibility index (Phi) is 6.94. The first-order valence-corrected chi connectivity index (χ1v) is 11.1. The highest BCUT2D eigenvalue weighted by Gasteiger charge is 2.35. The average molecular weight is 416 g/mol. The molecule has 164 valence electrons. The zero-order valence-electron chi connectivity index (χ0n) is 20.2. The second kappa shape index (κ2) is 9.47. The van der Waals surface area contributed by atoms with Crippen molar-refractivity contribution in [1.82, 2.24) is 0 Å². The molecule has 0 saturated carbocycles. The lowest BCUT2D eigenvalue weighted by Gasteiger charge is -2.37. The first-order valence-electron chi connectivity index (χ1n) is 11.1. The predicted molar refractivity (Wildman–Crippen MR) is 137 cm³/mol. The van der Waals surface area contributed by atoms with Crippen molar-refractivity contribution in [2.45, 2.75) is 25.2 Å². The molecule has 0 fully saturated rings. The first kappa shape index (κ1) is 22.7. The van der Waals surface area contributed by atoms with Gasteiger partial charge in [-0.2, -0.15) is 0 Å². The highest BCUT2D eigenvalue weighted by atomic mass is 15.1. The summed E-state index contributed by atoms with van der Waals surface area (Å²) in [4.78, 5) is 6.47. The molecule has 0 spiro atoms. The van der Waals surface area contributed by atoms with Crippen LogP contribution in [-0.4, -0.2) is 42.3 Å². The van der Waals surface area contributed by atoms with Gasteiger partial charge in [-0.05, 0) is 59.5 Å². The second-order valence-electron chi connectivity index (χ2n) is 8.98. The van der Waals surface area contributed by atoms with Gasteiger partial charge < -0.3 is 14.7 Å². The molecule has 0 unspecified atom stereocenters. The van der Waals surface area contributed by atoms with E-state index in [-0.39, 0.29) is 5.41 Å². The lowest BCUT2D eigenvalue weighted by atomic mass is 9.66. The van der Waals surface area contributed by atoms with Gasteiger partial charge in [-0.1, -0.05) is 49.7 Å². The molecule has 3 nitrogen and oxygen atoms in total. The van der Waals surface area contributed by atoms with Gasteiger partial charge in [-0.15, -0.1) is 0 Å². The molecule has 0 N–H and O–H groups in total. The van der Waals surface area contributed by atoms with E-state index in [1.165, 1.54) is 33.8 Å². The Bertz CT molecular complexity index is 827. The number of rotatable bonds is 8. The molecular formula is C28H37N3. The van der Waals surface area contributed by atoms with Crippen LogP contribution in [0.2, 0.25) is 0 Å². The summed E-state index contributed by atoms with van der Waals surface area (Å²) in [5, 5.41) is 0. The molecule has 3 aromatic carbocycles. The molecule has 0 aromatic heterocycles. The van der Waals surface area contributed by atoms with Crippen molar-refractivity contribution in [3.05, 3.63) is 89.5 Å². The van der Waals surface area contributed by atoms with Crippen LogP contribution in [0.3, 0.4) is 0 Å². The minimum atomic E-state index is -0.185. The summed E-state index contributed by atoms with van der Waals surface area (Å²) in [6.07, 6.45) is 2.15. The summed E-state index contributed by atoms with van der Waals surface area (Å²) in [5.41, 5.74) is 7.51. The average Bonchev–Trinajstić information content (AvgIpc) is 2.78. The number of benzene rings is 3. The third-order valence-corrected chi connectivity index (χ3v) is 6.25. The summed E-state index contributed by atoms with van der Waals surface area (Å²) in [6.45, 7) is 2.28. The van der Waals surface area contributed by atoms with E-state index in [0.717, 1.165) is 12.8 Å². The van der Waals surface area contributed by atoms with Gasteiger partial charge >= 0.3 is 0 Å². The summed E-state index contributed by atoms with van der Waals surface area (Å²) in [5.74, 6) is 0. The predicted octanol–water partition coefficient (Wildman–Crippen LogP) is 6.02. The molecule has 3 rings (SSSR count). The van der Waals surface area contributed by atoms with E-state index < -0.39 is 0 Å². The van der Waals surface area contributed by atoms with Crippen LogP contribution in [0, 0.1) is 0 Å². The van der Waals surface area contributed by atoms with E-state index in [4.69, 9.17) is 0 Å².